The Balaban J connectivity index is 0.00000288. The molecule has 1 saturated carbocycles. The maximum absolute atomic E-state index is 12.7. The Hall–Kier alpha value is 0.1000. The van der Waals surface area contributed by atoms with Crippen LogP contribution in [-0.4, -0.2) is 67.8 Å². The highest BCUT2D eigenvalue weighted by atomic mass is 127. The van der Waals surface area contributed by atoms with E-state index < -0.39 is 12.1 Å². The van der Waals surface area contributed by atoms with Gasteiger partial charge in [0, 0.05) is 50.8 Å². The molecule has 2 rings (SSSR count). The van der Waals surface area contributed by atoms with E-state index in [9.17, 15) is 13.2 Å². The molecule has 0 spiro atoms. The fourth-order valence-electron chi connectivity index (χ4n) is 3.11. The molecule has 1 aliphatic carbocycles. The van der Waals surface area contributed by atoms with Crippen molar-refractivity contribution < 1.29 is 13.2 Å². The van der Waals surface area contributed by atoms with E-state index in [0.717, 1.165) is 26.2 Å². The van der Waals surface area contributed by atoms with Gasteiger partial charge in [-0.15, -0.1) is 24.0 Å². The van der Waals surface area contributed by atoms with Gasteiger partial charge in [0.25, 0.3) is 0 Å². The van der Waals surface area contributed by atoms with Crippen LogP contribution in [0.5, 0.6) is 0 Å². The van der Waals surface area contributed by atoms with E-state index in [0.29, 0.717) is 18.8 Å². The molecule has 0 aromatic heterocycles. The summed E-state index contributed by atoms with van der Waals surface area (Å²) in [6, 6.07) is 0.0891. The van der Waals surface area contributed by atoms with Crippen molar-refractivity contribution in [3.8, 4) is 0 Å². The number of aliphatic imine (C=N–C) groups is 1. The lowest BCUT2D eigenvalue weighted by Crippen LogP contribution is -2.48. The maximum atomic E-state index is 12.7. The van der Waals surface area contributed by atoms with Crippen LogP contribution in [0.2, 0.25) is 0 Å². The van der Waals surface area contributed by atoms with Crippen molar-refractivity contribution in [2.75, 3.05) is 44.7 Å². The predicted octanol–water partition coefficient (Wildman–Crippen LogP) is 2.94. The number of halogens is 4. The van der Waals surface area contributed by atoms with Crippen molar-refractivity contribution in [2.45, 2.75) is 37.9 Å². The summed E-state index contributed by atoms with van der Waals surface area (Å²) in [7, 11) is 1.70. The van der Waals surface area contributed by atoms with Gasteiger partial charge in [-0.3, -0.25) is 9.89 Å². The van der Waals surface area contributed by atoms with E-state index in [2.05, 4.69) is 20.5 Å². The Morgan fingerprint density at radius 2 is 1.79 bits per heavy atom. The van der Waals surface area contributed by atoms with Crippen LogP contribution in [0.4, 0.5) is 13.2 Å². The number of nitrogens with one attached hydrogen (secondary N) is 2. The summed E-state index contributed by atoms with van der Waals surface area (Å²) in [5.74, 6) is 1.95. The summed E-state index contributed by atoms with van der Waals surface area (Å²) < 4.78 is 38.0. The molecule has 0 bridgehead atoms. The van der Waals surface area contributed by atoms with E-state index in [1.807, 2.05) is 11.8 Å². The maximum Gasteiger partial charge on any atom is 0.391 e. The average molecular weight is 480 g/mol. The normalized spacial score (nSPS) is 26.6. The van der Waals surface area contributed by atoms with Gasteiger partial charge >= 0.3 is 6.18 Å². The van der Waals surface area contributed by atoms with Crippen LogP contribution in [-0.2, 0) is 0 Å². The third-order valence-electron chi connectivity index (χ3n) is 4.58. The quantitative estimate of drug-likeness (QED) is 0.369. The summed E-state index contributed by atoms with van der Waals surface area (Å²) in [5, 5.41) is 6.54. The summed E-state index contributed by atoms with van der Waals surface area (Å²) >= 11 is 1.99. The summed E-state index contributed by atoms with van der Waals surface area (Å²) in [5.41, 5.74) is 0. The van der Waals surface area contributed by atoms with Crippen LogP contribution in [0.3, 0.4) is 0 Å². The molecule has 1 saturated heterocycles. The molecular weight excluding hydrogens is 452 g/mol. The lowest BCUT2D eigenvalue weighted by molar-refractivity contribution is -0.182. The van der Waals surface area contributed by atoms with Crippen molar-refractivity contribution in [3.05, 3.63) is 0 Å². The standard InChI is InChI=1S/C15H27F3N4S.HI/c1-19-14(20-6-7-22-8-10-23-11-9-22)21-13-4-2-12(3-5-13)15(16,17)18;/h12-13H,2-11H2,1H3,(H2,19,20,21);1H. The first-order valence-electron chi connectivity index (χ1n) is 8.33. The van der Waals surface area contributed by atoms with E-state index >= 15 is 0 Å². The van der Waals surface area contributed by atoms with E-state index in [1.165, 1.54) is 11.5 Å². The average Bonchev–Trinajstić information content (AvgIpc) is 2.54. The molecule has 142 valence electrons. The Kier molecular flexibility index (Phi) is 10.1. The molecule has 0 radical (unpaired) electrons. The minimum atomic E-state index is -4.04. The molecule has 4 nitrogen and oxygen atoms in total. The zero-order valence-corrected chi connectivity index (χ0v) is 17.2. The molecule has 1 heterocycles. The van der Waals surface area contributed by atoms with Crippen LogP contribution in [0.25, 0.3) is 0 Å². The zero-order valence-electron chi connectivity index (χ0n) is 14.1. The fourth-order valence-corrected chi connectivity index (χ4v) is 4.09. The summed E-state index contributed by atoms with van der Waals surface area (Å²) in [6.07, 6.45) is -2.52. The van der Waals surface area contributed by atoms with E-state index in [4.69, 9.17) is 0 Å². The van der Waals surface area contributed by atoms with Gasteiger partial charge in [0.05, 0.1) is 5.92 Å². The summed E-state index contributed by atoms with van der Waals surface area (Å²) in [6.45, 7) is 4.03. The second-order valence-electron chi connectivity index (χ2n) is 6.19. The van der Waals surface area contributed by atoms with Gasteiger partial charge in [0.2, 0.25) is 0 Å². The van der Waals surface area contributed by atoms with Crippen molar-refractivity contribution in [2.24, 2.45) is 10.9 Å². The molecule has 0 aromatic carbocycles. The molecule has 0 unspecified atom stereocenters. The van der Waals surface area contributed by atoms with Gasteiger partial charge in [-0.1, -0.05) is 0 Å². The highest BCUT2D eigenvalue weighted by Gasteiger charge is 2.41. The Morgan fingerprint density at radius 1 is 1.17 bits per heavy atom. The van der Waals surface area contributed by atoms with E-state index in [1.54, 1.807) is 7.05 Å². The third-order valence-corrected chi connectivity index (χ3v) is 5.52. The van der Waals surface area contributed by atoms with Crippen LogP contribution >= 0.6 is 35.7 Å². The molecule has 0 aromatic rings. The molecule has 2 N–H and O–H groups in total. The minimum Gasteiger partial charge on any atom is -0.355 e. The smallest absolute Gasteiger partial charge is 0.355 e. The molecule has 2 aliphatic rings. The number of nitrogens with zero attached hydrogens (tertiary/aromatic N) is 2. The van der Waals surface area contributed by atoms with Crippen molar-refractivity contribution in [1.82, 2.24) is 15.5 Å². The van der Waals surface area contributed by atoms with E-state index in [-0.39, 0.29) is 42.9 Å². The van der Waals surface area contributed by atoms with Gasteiger partial charge in [0.1, 0.15) is 0 Å². The highest BCUT2D eigenvalue weighted by molar-refractivity contribution is 14.0. The number of hydrogen-bond acceptors (Lipinski definition) is 3. The van der Waals surface area contributed by atoms with Crippen LogP contribution in [0.15, 0.2) is 4.99 Å². The van der Waals surface area contributed by atoms with Crippen molar-refractivity contribution in [1.29, 1.82) is 0 Å². The third kappa shape index (κ3) is 7.55. The van der Waals surface area contributed by atoms with Gasteiger partial charge in [-0.25, -0.2) is 0 Å². The molecule has 24 heavy (non-hydrogen) atoms. The number of hydrogen-bond donors (Lipinski definition) is 2. The van der Waals surface area contributed by atoms with Crippen molar-refractivity contribution in [3.63, 3.8) is 0 Å². The largest absolute Gasteiger partial charge is 0.391 e. The molecular formula is C15H28F3IN4S. The second kappa shape index (κ2) is 10.9. The fraction of sp³-hybridized carbons (Fsp3) is 0.933. The van der Waals surface area contributed by atoms with Crippen LogP contribution < -0.4 is 10.6 Å². The number of thioether (sulfide) groups is 1. The molecule has 0 amide bonds. The van der Waals surface area contributed by atoms with Crippen LogP contribution in [0.1, 0.15) is 25.7 Å². The monoisotopic (exact) mass is 480 g/mol. The Morgan fingerprint density at radius 3 is 2.33 bits per heavy atom. The van der Waals surface area contributed by atoms with Gasteiger partial charge in [0.15, 0.2) is 5.96 Å². The molecule has 2 fully saturated rings. The lowest BCUT2D eigenvalue weighted by atomic mass is 9.85. The van der Waals surface area contributed by atoms with Gasteiger partial charge in [-0.2, -0.15) is 24.9 Å². The SMILES string of the molecule is CN=C(NCCN1CCSCC1)NC1CCC(C(F)(F)F)CC1.I. The lowest BCUT2D eigenvalue weighted by Gasteiger charge is -2.31. The number of rotatable bonds is 4. The number of alkyl halides is 3. The highest BCUT2D eigenvalue weighted by Crippen LogP contribution is 2.37. The predicted molar refractivity (Wildman–Crippen MR) is 105 cm³/mol. The molecule has 1 aliphatic heterocycles. The Labute approximate surface area is 163 Å². The van der Waals surface area contributed by atoms with Gasteiger partial charge in [-0.05, 0) is 25.7 Å². The van der Waals surface area contributed by atoms with Gasteiger partial charge < -0.3 is 10.6 Å². The zero-order chi connectivity index (χ0) is 16.7. The first-order valence-corrected chi connectivity index (χ1v) is 9.48. The first kappa shape index (κ1) is 22.1. The van der Waals surface area contributed by atoms with Crippen LogP contribution in [0, 0.1) is 5.92 Å². The number of guanidine groups is 1. The van der Waals surface area contributed by atoms with Crippen molar-refractivity contribution >= 4 is 41.7 Å². The topological polar surface area (TPSA) is 39.7 Å². The minimum absolute atomic E-state index is 0. The summed E-state index contributed by atoms with van der Waals surface area (Å²) in [4.78, 5) is 6.60. The Bertz CT molecular complexity index is 381. The second-order valence-corrected chi connectivity index (χ2v) is 7.41. The first-order chi connectivity index (χ1) is 11.0. The molecule has 9 heteroatoms. The molecule has 0 atom stereocenters.